The molecule has 1 aliphatic rings. The van der Waals surface area contributed by atoms with E-state index in [1.54, 1.807) is 6.26 Å². The van der Waals surface area contributed by atoms with Gasteiger partial charge < -0.3 is 18.9 Å². The summed E-state index contributed by atoms with van der Waals surface area (Å²) >= 11 is 0. The Morgan fingerprint density at radius 2 is 2.00 bits per heavy atom. The standard InChI is InChI=1S/C22H26N2O4/c1-15-3-5-18-17(14-27-21(18)11-15)12-22(25)23-13-19(20-6-4-16(2)28-20)24-7-9-26-10-8-24/h3-6,11,14,19H,7-10,12-13H2,1-2H3,(H,23,25). The fourth-order valence-corrected chi connectivity index (χ4v) is 3.70. The molecule has 1 unspecified atom stereocenters. The third-order valence-corrected chi connectivity index (χ3v) is 5.23. The van der Waals surface area contributed by atoms with E-state index < -0.39 is 0 Å². The van der Waals surface area contributed by atoms with Crippen molar-refractivity contribution in [2.45, 2.75) is 26.3 Å². The molecule has 4 rings (SSSR count). The Balaban J connectivity index is 1.43. The molecule has 1 amide bonds. The second-order valence-electron chi connectivity index (χ2n) is 7.35. The van der Waals surface area contributed by atoms with Crippen molar-refractivity contribution in [2.75, 3.05) is 32.8 Å². The zero-order valence-electron chi connectivity index (χ0n) is 16.4. The van der Waals surface area contributed by atoms with Gasteiger partial charge in [-0.05, 0) is 37.6 Å². The number of benzene rings is 1. The summed E-state index contributed by atoms with van der Waals surface area (Å²) in [4.78, 5) is 14.9. The van der Waals surface area contributed by atoms with Gasteiger partial charge in [-0.15, -0.1) is 0 Å². The van der Waals surface area contributed by atoms with Crippen LogP contribution in [-0.4, -0.2) is 43.7 Å². The summed E-state index contributed by atoms with van der Waals surface area (Å²) in [7, 11) is 0. The van der Waals surface area contributed by atoms with Gasteiger partial charge in [0.15, 0.2) is 0 Å². The van der Waals surface area contributed by atoms with Crippen LogP contribution in [0.4, 0.5) is 0 Å². The molecule has 1 fully saturated rings. The number of furan rings is 2. The third kappa shape index (κ3) is 4.13. The first-order chi connectivity index (χ1) is 13.6. The molecule has 0 radical (unpaired) electrons. The van der Waals surface area contributed by atoms with Gasteiger partial charge in [0.1, 0.15) is 17.1 Å². The molecular weight excluding hydrogens is 356 g/mol. The lowest BCUT2D eigenvalue weighted by Crippen LogP contribution is -2.43. The molecule has 0 spiro atoms. The number of amides is 1. The largest absolute Gasteiger partial charge is 0.465 e. The summed E-state index contributed by atoms with van der Waals surface area (Å²) < 4.78 is 16.9. The zero-order valence-corrected chi connectivity index (χ0v) is 16.4. The Morgan fingerprint density at radius 1 is 1.18 bits per heavy atom. The molecule has 3 heterocycles. The molecule has 28 heavy (non-hydrogen) atoms. The van der Waals surface area contributed by atoms with E-state index in [1.807, 2.05) is 44.2 Å². The second-order valence-corrected chi connectivity index (χ2v) is 7.35. The van der Waals surface area contributed by atoms with E-state index in [2.05, 4.69) is 10.2 Å². The van der Waals surface area contributed by atoms with Crippen LogP contribution >= 0.6 is 0 Å². The van der Waals surface area contributed by atoms with Gasteiger partial charge in [-0.2, -0.15) is 0 Å². The van der Waals surface area contributed by atoms with Crippen LogP contribution in [-0.2, 0) is 16.0 Å². The van der Waals surface area contributed by atoms with E-state index in [4.69, 9.17) is 13.6 Å². The van der Waals surface area contributed by atoms with Crippen LogP contribution in [0.5, 0.6) is 0 Å². The molecular formula is C22H26N2O4. The van der Waals surface area contributed by atoms with E-state index >= 15 is 0 Å². The first-order valence-corrected chi connectivity index (χ1v) is 9.72. The number of nitrogens with one attached hydrogen (secondary N) is 1. The minimum absolute atomic E-state index is 0.00490. The summed E-state index contributed by atoms with van der Waals surface area (Å²) in [5.74, 6) is 1.73. The van der Waals surface area contributed by atoms with Crippen molar-refractivity contribution in [1.82, 2.24) is 10.2 Å². The minimum atomic E-state index is -0.0233. The Kier molecular flexibility index (Phi) is 5.50. The van der Waals surface area contributed by atoms with Crippen molar-refractivity contribution in [3.63, 3.8) is 0 Å². The third-order valence-electron chi connectivity index (χ3n) is 5.23. The van der Waals surface area contributed by atoms with Crippen molar-refractivity contribution >= 4 is 16.9 Å². The number of hydrogen-bond acceptors (Lipinski definition) is 5. The highest BCUT2D eigenvalue weighted by atomic mass is 16.5. The monoisotopic (exact) mass is 382 g/mol. The topological polar surface area (TPSA) is 67.9 Å². The summed E-state index contributed by atoms with van der Waals surface area (Å²) in [6, 6.07) is 10.00. The Hall–Kier alpha value is -2.57. The Morgan fingerprint density at radius 3 is 2.75 bits per heavy atom. The van der Waals surface area contributed by atoms with Gasteiger partial charge in [-0.1, -0.05) is 12.1 Å². The lowest BCUT2D eigenvalue weighted by atomic mass is 10.1. The SMILES string of the molecule is Cc1ccc2c(CC(=O)NCC(c3ccc(C)o3)N3CCOCC3)coc2c1. The molecule has 1 atom stereocenters. The highest BCUT2D eigenvalue weighted by molar-refractivity contribution is 5.87. The van der Waals surface area contributed by atoms with E-state index in [-0.39, 0.29) is 11.9 Å². The summed E-state index contributed by atoms with van der Waals surface area (Å²) in [6.45, 7) is 7.51. The fourth-order valence-electron chi connectivity index (χ4n) is 3.70. The zero-order chi connectivity index (χ0) is 19.5. The van der Waals surface area contributed by atoms with Crippen LogP contribution in [0, 0.1) is 13.8 Å². The maximum absolute atomic E-state index is 12.6. The van der Waals surface area contributed by atoms with Crippen LogP contribution in [0.3, 0.4) is 0 Å². The number of morpholine rings is 1. The minimum Gasteiger partial charge on any atom is -0.465 e. The smallest absolute Gasteiger partial charge is 0.224 e. The van der Waals surface area contributed by atoms with Crippen LogP contribution < -0.4 is 5.32 Å². The molecule has 3 aromatic rings. The molecule has 2 aromatic heterocycles. The van der Waals surface area contributed by atoms with Gasteiger partial charge in [0.25, 0.3) is 0 Å². The number of hydrogen-bond donors (Lipinski definition) is 1. The first kappa shape index (κ1) is 18.8. The van der Waals surface area contributed by atoms with E-state index in [9.17, 15) is 4.79 Å². The van der Waals surface area contributed by atoms with Crippen LogP contribution in [0.2, 0.25) is 0 Å². The Labute approximate surface area is 164 Å². The number of carbonyl (C=O) groups is 1. The predicted molar refractivity (Wildman–Crippen MR) is 106 cm³/mol. The predicted octanol–water partition coefficient (Wildman–Crippen LogP) is 3.37. The lowest BCUT2D eigenvalue weighted by molar-refractivity contribution is -0.120. The van der Waals surface area contributed by atoms with Gasteiger partial charge in [-0.3, -0.25) is 9.69 Å². The van der Waals surface area contributed by atoms with E-state index in [0.717, 1.165) is 46.7 Å². The highest BCUT2D eigenvalue weighted by Crippen LogP contribution is 2.24. The molecule has 1 aliphatic heterocycles. The number of rotatable bonds is 6. The first-order valence-electron chi connectivity index (χ1n) is 9.72. The summed E-state index contributed by atoms with van der Waals surface area (Å²) in [5.41, 5.74) is 2.87. The van der Waals surface area contributed by atoms with Crippen molar-refractivity contribution in [3.05, 3.63) is 59.2 Å². The number of carbonyl (C=O) groups excluding carboxylic acids is 1. The second kappa shape index (κ2) is 8.20. The summed E-state index contributed by atoms with van der Waals surface area (Å²) in [6.07, 6.45) is 1.97. The van der Waals surface area contributed by atoms with Gasteiger partial charge >= 0.3 is 0 Å². The molecule has 6 heteroatoms. The maximum atomic E-state index is 12.6. The molecule has 0 saturated carbocycles. The lowest BCUT2D eigenvalue weighted by Gasteiger charge is -2.33. The average Bonchev–Trinajstić information content (AvgIpc) is 3.29. The molecule has 1 N–H and O–H groups in total. The summed E-state index contributed by atoms with van der Waals surface area (Å²) in [5, 5.41) is 4.07. The van der Waals surface area contributed by atoms with Gasteiger partial charge in [0, 0.05) is 30.6 Å². The van der Waals surface area contributed by atoms with Gasteiger partial charge in [-0.25, -0.2) is 0 Å². The van der Waals surface area contributed by atoms with Crippen LogP contribution in [0.1, 0.15) is 28.7 Å². The molecule has 0 aliphatic carbocycles. The quantitative estimate of drug-likeness (QED) is 0.708. The van der Waals surface area contributed by atoms with Crippen molar-refractivity contribution in [2.24, 2.45) is 0 Å². The van der Waals surface area contributed by atoms with Gasteiger partial charge in [0.05, 0.1) is 31.9 Å². The molecule has 6 nitrogen and oxygen atoms in total. The van der Waals surface area contributed by atoms with Crippen molar-refractivity contribution in [1.29, 1.82) is 0 Å². The number of nitrogens with zero attached hydrogens (tertiary/aromatic N) is 1. The van der Waals surface area contributed by atoms with Crippen LogP contribution in [0.15, 0.2) is 45.4 Å². The van der Waals surface area contributed by atoms with E-state index in [0.29, 0.717) is 26.2 Å². The van der Waals surface area contributed by atoms with Crippen molar-refractivity contribution < 1.29 is 18.4 Å². The number of fused-ring (bicyclic) bond motifs is 1. The van der Waals surface area contributed by atoms with Crippen LogP contribution in [0.25, 0.3) is 11.0 Å². The molecule has 0 bridgehead atoms. The molecule has 1 saturated heterocycles. The number of ether oxygens (including phenoxy) is 1. The molecule has 148 valence electrons. The fraction of sp³-hybridized carbons (Fsp3) is 0.409. The van der Waals surface area contributed by atoms with Gasteiger partial charge in [0.2, 0.25) is 5.91 Å². The normalized spacial score (nSPS) is 16.4. The highest BCUT2D eigenvalue weighted by Gasteiger charge is 2.25. The van der Waals surface area contributed by atoms with Crippen molar-refractivity contribution in [3.8, 4) is 0 Å². The number of aryl methyl sites for hydroxylation is 2. The Bertz CT molecular complexity index is 953. The molecule has 1 aromatic carbocycles. The maximum Gasteiger partial charge on any atom is 0.224 e. The van der Waals surface area contributed by atoms with E-state index in [1.165, 1.54) is 0 Å². The average molecular weight is 382 g/mol.